The molecule has 0 amide bonds. The van der Waals surface area contributed by atoms with Crippen molar-refractivity contribution < 1.29 is 22.1 Å². The summed E-state index contributed by atoms with van der Waals surface area (Å²) in [6, 6.07) is 19.3. The Morgan fingerprint density at radius 2 is 1.54 bits per heavy atom. The first kappa shape index (κ1) is 33.7. The van der Waals surface area contributed by atoms with Gasteiger partial charge < -0.3 is 9.09 Å². The van der Waals surface area contributed by atoms with Gasteiger partial charge in [-0.2, -0.15) is 18.2 Å². The first-order chi connectivity index (χ1) is 23.1. The molecule has 3 aromatic carbocycles. The number of nitrogens with zero attached hydrogens (tertiary/aromatic N) is 4. The summed E-state index contributed by atoms with van der Waals surface area (Å²) in [5.74, 6) is 0.992. The Balaban J connectivity index is 1.31. The van der Waals surface area contributed by atoms with Crippen LogP contribution in [0.15, 0.2) is 87.3 Å². The van der Waals surface area contributed by atoms with E-state index >= 15 is 0 Å². The molecular formula is C37H36F4N4O2S. The maximum absolute atomic E-state index is 13.5. The predicted molar refractivity (Wildman–Crippen MR) is 178 cm³/mol. The van der Waals surface area contributed by atoms with Gasteiger partial charge in [-0.1, -0.05) is 79.3 Å². The summed E-state index contributed by atoms with van der Waals surface area (Å²) >= 11 is 1.44. The number of alkyl halides is 3. The molecule has 1 aliphatic carbocycles. The fourth-order valence-corrected chi connectivity index (χ4v) is 7.06. The van der Waals surface area contributed by atoms with E-state index in [-0.39, 0.29) is 11.4 Å². The molecule has 0 bridgehead atoms. The lowest BCUT2D eigenvalue weighted by atomic mass is 9.98. The molecule has 0 saturated heterocycles. The van der Waals surface area contributed by atoms with Crippen molar-refractivity contribution >= 4 is 11.8 Å². The minimum atomic E-state index is -4.38. The average molecular weight is 677 g/mol. The molecule has 0 N–H and O–H groups in total. The highest BCUT2D eigenvalue weighted by molar-refractivity contribution is 7.98. The third kappa shape index (κ3) is 7.57. The summed E-state index contributed by atoms with van der Waals surface area (Å²) < 4.78 is 60.8. The molecule has 250 valence electrons. The lowest BCUT2D eigenvalue weighted by Gasteiger charge is -2.18. The van der Waals surface area contributed by atoms with Gasteiger partial charge in [0.1, 0.15) is 11.5 Å². The molecule has 0 atom stereocenters. The summed E-state index contributed by atoms with van der Waals surface area (Å²) in [7, 11) is 0. The van der Waals surface area contributed by atoms with Gasteiger partial charge >= 0.3 is 6.18 Å². The summed E-state index contributed by atoms with van der Waals surface area (Å²) in [6.07, 6.45) is -1.51. The SMILES string of the molecule is CCN(CC)Cc1onc(Cn2c(SCc3ccc(F)cc3)nc(=O)c3c2CCC3)c1Cc1ccc(-c2ccc(C(F)(F)F)cc2)cc1. The van der Waals surface area contributed by atoms with E-state index in [1.54, 1.807) is 12.1 Å². The van der Waals surface area contributed by atoms with Crippen molar-refractivity contribution in [3.05, 3.63) is 134 Å². The minimum absolute atomic E-state index is 0.198. The van der Waals surface area contributed by atoms with Gasteiger partial charge in [0, 0.05) is 29.0 Å². The van der Waals surface area contributed by atoms with Gasteiger partial charge in [0.15, 0.2) is 10.9 Å². The van der Waals surface area contributed by atoms with Crippen LogP contribution in [0.3, 0.4) is 0 Å². The number of aromatic nitrogens is 3. The average Bonchev–Trinajstić information content (AvgIpc) is 3.73. The Hall–Kier alpha value is -4.22. The number of thioether (sulfide) groups is 1. The maximum Gasteiger partial charge on any atom is 0.416 e. The van der Waals surface area contributed by atoms with Gasteiger partial charge in [0.05, 0.1) is 18.7 Å². The molecule has 0 radical (unpaired) electrons. The van der Waals surface area contributed by atoms with Gasteiger partial charge in [-0.15, -0.1) is 0 Å². The van der Waals surface area contributed by atoms with Crippen LogP contribution in [0.25, 0.3) is 11.1 Å². The largest absolute Gasteiger partial charge is 0.416 e. The lowest BCUT2D eigenvalue weighted by molar-refractivity contribution is -0.137. The number of halogens is 4. The molecule has 0 spiro atoms. The molecule has 0 fully saturated rings. The Morgan fingerprint density at radius 3 is 2.19 bits per heavy atom. The summed E-state index contributed by atoms with van der Waals surface area (Å²) in [5.41, 5.74) is 6.00. The number of rotatable bonds is 12. The Kier molecular flexibility index (Phi) is 10.2. The molecular weight excluding hydrogens is 640 g/mol. The van der Waals surface area contributed by atoms with Crippen molar-refractivity contribution in [2.75, 3.05) is 13.1 Å². The number of benzene rings is 3. The van der Waals surface area contributed by atoms with Gasteiger partial charge in [-0.3, -0.25) is 9.69 Å². The van der Waals surface area contributed by atoms with Crippen molar-refractivity contribution in [1.82, 2.24) is 19.6 Å². The van der Waals surface area contributed by atoms with Gasteiger partial charge in [-0.25, -0.2) is 4.39 Å². The number of hydrogen-bond acceptors (Lipinski definition) is 6. The Labute approximate surface area is 280 Å². The highest BCUT2D eigenvalue weighted by Crippen LogP contribution is 2.32. The first-order valence-electron chi connectivity index (χ1n) is 16.1. The maximum atomic E-state index is 13.5. The van der Waals surface area contributed by atoms with Crippen LogP contribution in [-0.4, -0.2) is 32.7 Å². The van der Waals surface area contributed by atoms with Crippen LogP contribution in [0.5, 0.6) is 0 Å². The monoisotopic (exact) mass is 676 g/mol. The van der Waals surface area contributed by atoms with Crippen LogP contribution < -0.4 is 5.56 Å². The van der Waals surface area contributed by atoms with Crippen LogP contribution in [0, 0.1) is 5.82 Å². The molecule has 48 heavy (non-hydrogen) atoms. The third-order valence-corrected chi connectivity index (χ3v) is 9.93. The standard InChI is InChI=1S/C37H36F4N4O2S/c1-3-44(4-2)22-34-31(20-24-8-12-26(13-9-24)27-14-16-28(17-15-27)37(39,40)41)32(43-47-34)21-45-33-7-5-6-30(33)35(46)42-36(45)48-23-25-10-18-29(38)19-11-25/h8-19H,3-7,20-23H2,1-2H3. The van der Waals surface area contributed by atoms with Crippen LogP contribution in [0.2, 0.25) is 0 Å². The second-order valence-electron chi connectivity index (χ2n) is 11.9. The van der Waals surface area contributed by atoms with Crippen molar-refractivity contribution in [3.63, 3.8) is 0 Å². The summed E-state index contributed by atoms with van der Waals surface area (Å²) in [5, 5.41) is 5.16. The minimum Gasteiger partial charge on any atom is -0.359 e. The molecule has 2 heterocycles. The zero-order valence-electron chi connectivity index (χ0n) is 26.8. The molecule has 5 aromatic rings. The molecule has 2 aromatic heterocycles. The highest BCUT2D eigenvalue weighted by atomic mass is 32.2. The van der Waals surface area contributed by atoms with Gasteiger partial charge in [-0.05, 0) is 78.9 Å². The van der Waals surface area contributed by atoms with Crippen LogP contribution in [0.1, 0.15) is 65.2 Å². The zero-order valence-corrected chi connectivity index (χ0v) is 27.6. The summed E-state index contributed by atoms with van der Waals surface area (Å²) in [6.45, 7) is 6.85. The Morgan fingerprint density at radius 1 is 0.896 bits per heavy atom. The van der Waals surface area contributed by atoms with E-state index in [0.717, 1.165) is 83.0 Å². The van der Waals surface area contributed by atoms with Gasteiger partial charge in [0.25, 0.3) is 5.56 Å². The van der Waals surface area contributed by atoms with Crippen molar-refractivity contribution in [3.8, 4) is 11.1 Å². The third-order valence-electron chi connectivity index (χ3n) is 8.88. The van der Waals surface area contributed by atoms with E-state index in [0.29, 0.717) is 42.4 Å². The summed E-state index contributed by atoms with van der Waals surface area (Å²) in [4.78, 5) is 19.8. The van der Waals surface area contributed by atoms with E-state index in [4.69, 9.17) is 4.52 Å². The molecule has 6 nitrogen and oxygen atoms in total. The lowest BCUT2D eigenvalue weighted by Crippen LogP contribution is -2.23. The zero-order chi connectivity index (χ0) is 33.8. The molecule has 11 heteroatoms. The van der Waals surface area contributed by atoms with E-state index < -0.39 is 11.7 Å². The van der Waals surface area contributed by atoms with Gasteiger partial charge in [0.2, 0.25) is 0 Å². The van der Waals surface area contributed by atoms with Crippen LogP contribution in [0.4, 0.5) is 17.6 Å². The predicted octanol–water partition coefficient (Wildman–Crippen LogP) is 8.32. The van der Waals surface area contributed by atoms with Crippen molar-refractivity contribution in [2.24, 2.45) is 0 Å². The topological polar surface area (TPSA) is 64.2 Å². The molecule has 0 unspecified atom stereocenters. The number of hydrogen-bond donors (Lipinski definition) is 0. The first-order valence-corrected chi connectivity index (χ1v) is 17.1. The molecule has 0 aliphatic heterocycles. The fraction of sp³-hybridized carbons (Fsp3) is 0.324. The number of fused-ring (bicyclic) bond motifs is 1. The van der Waals surface area contributed by atoms with Crippen molar-refractivity contribution in [1.29, 1.82) is 0 Å². The molecule has 1 aliphatic rings. The fourth-order valence-electron chi connectivity index (χ4n) is 6.09. The second-order valence-corrected chi connectivity index (χ2v) is 12.9. The van der Waals surface area contributed by atoms with E-state index in [1.165, 1.54) is 36.0 Å². The highest BCUT2D eigenvalue weighted by Gasteiger charge is 2.30. The van der Waals surface area contributed by atoms with E-state index in [2.05, 4.69) is 33.5 Å². The Bertz CT molecular complexity index is 1910. The molecule has 0 saturated carbocycles. The van der Waals surface area contributed by atoms with E-state index in [1.807, 2.05) is 24.3 Å². The normalized spacial score (nSPS) is 13.0. The molecule has 6 rings (SSSR count). The van der Waals surface area contributed by atoms with Crippen LogP contribution >= 0.6 is 11.8 Å². The van der Waals surface area contributed by atoms with E-state index in [9.17, 15) is 22.4 Å². The quantitative estimate of drug-likeness (QED) is 0.0753. The van der Waals surface area contributed by atoms with Crippen molar-refractivity contribution in [2.45, 2.75) is 69.7 Å². The van der Waals surface area contributed by atoms with Crippen LogP contribution in [-0.2, 0) is 44.3 Å². The second kappa shape index (κ2) is 14.5. The smallest absolute Gasteiger partial charge is 0.359 e.